The lowest BCUT2D eigenvalue weighted by molar-refractivity contribution is -0.387. The highest BCUT2D eigenvalue weighted by Crippen LogP contribution is 2.37. The van der Waals surface area contributed by atoms with Crippen molar-refractivity contribution in [3.8, 4) is 0 Å². The van der Waals surface area contributed by atoms with E-state index in [0.717, 1.165) is 15.4 Å². The number of halogens is 2. The molecule has 37 heavy (non-hydrogen) atoms. The van der Waals surface area contributed by atoms with Crippen LogP contribution in [-0.2, 0) is 9.59 Å². The minimum absolute atomic E-state index is 0.0673. The third-order valence-corrected chi connectivity index (χ3v) is 8.32. The van der Waals surface area contributed by atoms with Crippen LogP contribution in [0.5, 0.6) is 0 Å². The fourth-order valence-electron chi connectivity index (χ4n) is 3.29. The van der Waals surface area contributed by atoms with Crippen LogP contribution in [0.3, 0.4) is 0 Å². The van der Waals surface area contributed by atoms with Gasteiger partial charge >= 0.3 is 0 Å². The maximum atomic E-state index is 12.8. The van der Waals surface area contributed by atoms with Crippen molar-refractivity contribution >= 4 is 85.6 Å². The number of imide groups is 1. The monoisotopic (exact) mass is 617 g/mol. The molecule has 1 aliphatic rings. The second-order valence-corrected chi connectivity index (χ2v) is 11.2. The third-order valence-electron chi connectivity index (χ3n) is 5.10. The van der Waals surface area contributed by atoms with E-state index in [2.05, 4.69) is 21.2 Å². The Morgan fingerprint density at radius 3 is 2.57 bits per heavy atom. The van der Waals surface area contributed by atoms with E-state index in [1.165, 1.54) is 30.0 Å². The molecule has 0 atom stereocenters. The van der Waals surface area contributed by atoms with Crippen LogP contribution < -0.4 is 5.32 Å². The molecular formula is C25H17BrClN3O5S2. The highest BCUT2D eigenvalue weighted by Gasteiger charge is 2.36. The number of hydrogen-bond donors (Lipinski definition) is 1. The summed E-state index contributed by atoms with van der Waals surface area (Å²) in [5.41, 5.74) is 1.76. The van der Waals surface area contributed by atoms with Gasteiger partial charge in [0.05, 0.1) is 19.7 Å². The van der Waals surface area contributed by atoms with Crippen LogP contribution in [0.25, 0.3) is 6.08 Å². The van der Waals surface area contributed by atoms with E-state index in [4.69, 9.17) is 11.6 Å². The quantitative estimate of drug-likeness (QED) is 0.170. The molecule has 0 unspecified atom stereocenters. The molecular weight excluding hydrogens is 602 g/mol. The van der Waals surface area contributed by atoms with Gasteiger partial charge in [0, 0.05) is 21.1 Å². The number of nitro benzene ring substituents is 1. The summed E-state index contributed by atoms with van der Waals surface area (Å²) in [4.78, 5) is 51.1. The number of amides is 3. The van der Waals surface area contributed by atoms with Crippen molar-refractivity contribution in [3.05, 3.63) is 96.3 Å². The molecule has 3 amide bonds. The second-order valence-electron chi connectivity index (χ2n) is 7.84. The van der Waals surface area contributed by atoms with E-state index in [0.29, 0.717) is 37.4 Å². The first-order valence-corrected chi connectivity index (χ1v) is 13.4. The minimum Gasteiger partial charge on any atom is -0.324 e. The molecule has 0 aliphatic carbocycles. The zero-order chi connectivity index (χ0) is 26.7. The fraction of sp³-hybridized carbons (Fsp3) is 0.0800. The molecule has 3 aromatic rings. The summed E-state index contributed by atoms with van der Waals surface area (Å²) < 4.78 is 0.658. The Balaban J connectivity index is 1.49. The zero-order valence-electron chi connectivity index (χ0n) is 19.1. The number of nitrogens with one attached hydrogen (secondary N) is 1. The molecule has 0 aromatic heterocycles. The SMILES string of the molecule is Cc1ccc(Sc2ccc(/C=C3\SC(=O)N(CC(=O)Nc4ccc(Br)c(Cl)c4)C3=O)cc2[N+](=O)[O-])cc1. The Kier molecular flexibility index (Phi) is 8.38. The Bertz CT molecular complexity index is 1460. The van der Waals surface area contributed by atoms with Gasteiger partial charge in [0.15, 0.2) is 0 Å². The second kappa shape index (κ2) is 11.5. The number of carbonyl (C=O) groups excluding carboxylic acids is 3. The number of hydrogen-bond acceptors (Lipinski definition) is 7. The predicted molar refractivity (Wildman–Crippen MR) is 149 cm³/mol. The van der Waals surface area contributed by atoms with Gasteiger partial charge in [-0.2, -0.15) is 0 Å². The molecule has 0 spiro atoms. The summed E-state index contributed by atoms with van der Waals surface area (Å²) in [5, 5.41) is 14.1. The number of nitrogens with zero attached hydrogens (tertiary/aromatic N) is 2. The highest BCUT2D eigenvalue weighted by molar-refractivity contribution is 9.10. The van der Waals surface area contributed by atoms with E-state index in [1.807, 2.05) is 31.2 Å². The van der Waals surface area contributed by atoms with E-state index in [9.17, 15) is 24.5 Å². The Hall–Kier alpha value is -3.12. The number of aryl methyl sites for hydroxylation is 1. The average Bonchev–Trinajstić information content (AvgIpc) is 3.10. The molecule has 1 aliphatic heterocycles. The molecule has 1 heterocycles. The molecule has 188 valence electrons. The molecule has 1 fully saturated rings. The molecule has 4 rings (SSSR count). The molecule has 3 aromatic carbocycles. The van der Waals surface area contributed by atoms with Crippen LogP contribution in [0.15, 0.2) is 79.8 Å². The topological polar surface area (TPSA) is 110 Å². The van der Waals surface area contributed by atoms with Gasteiger partial charge in [-0.05, 0) is 82.7 Å². The van der Waals surface area contributed by atoms with Crippen molar-refractivity contribution in [3.63, 3.8) is 0 Å². The van der Waals surface area contributed by atoms with Crippen molar-refractivity contribution in [1.82, 2.24) is 4.90 Å². The molecule has 1 N–H and O–H groups in total. The van der Waals surface area contributed by atoms with Crippen molar-refractivity contribution in [2.75, 3.05) is 11.9 Å². The fourth-order valence-corrected chi connectivity index (χ4v) is 5.46. The summed E-state index contributed by atoms with van der Waals surface area (Å²) in [7, 11) is 0. The first-order valence-electron chi connectivity index (χ1n) is 10.6. The largest absolute Gasteiger partial charge is 0.324 e. The van der Waals surface area contributed by atoms with Crippen LogP contribution in [0.1, 0.15) is 11.1 Å². The summed E-state index contributed by atoms with van der Waals surface area (Å²) in [6.45, 7) is 1.47. The van der Waals surface area contributed by atoms with Gasteiger partial charge < -0.3 is 5.32 Å². The smallest absolute Gasteiger partial charge is 0.294 e. The van der Waals surface area contributed by atoms with Gasteiger partial charge in [0.25, 0.3) is 16.8 Å². The van der Waals surface area contributed by atoms with E-state index in [1.54, 1.807) is 24.3 Å². The van der Waals surface area contributed by atoms with Gasteiger partial charge in [0.1, 0.15) is 6.54 Å². The lowest BCUT2D eigenvalue weighted by atomic mass is 10.2. The minimum atomic E-state index is -0.653. The van der Waals surface area contributed by atoms with Gasteiger partial charge in [0.2, 0.25) is 5.91 Å². The normalized spacial score (nSPS) is 14.4. The Labute approximate surface area is 233 Å². The summed E-state index contributed by atoms with van der Waals surface area (Å²) in [5.74, 6) is -1.23. The van der Waals surface area contributed by atoms with E-state index in [-0.39, 0.29) is 10.6 Å². The third kappa shape index (κ3) is 6.61. The molecule has 0 radical (unpaired) electrons. The molecule has 0 saturated carbocycles. The van der Waals surface area contributed by atoms with Gasteiger partial charge in [-0.15, -0.1) is 0 Å². The maximum absolute atomic E-state index is 12.8. The van der Waals surface area contributed by atoms with Crippen LogP contribution in [0.2, 0.25) is 5.02 Å². The van der Waals surface area contributed by atoms with Crippen molar-refractivity contribution in [1.29, 1.82) is 0 Å². The molecule has 0 bridgehead atoms. The average molecular weight is 619 g/mol. The zero-order valence-corrected chi connectivity index (χ0v) is 23.0. The number of anilines is 1. The Morgan fingerprint density at radius 2 is 1.89 bits per heavy atom. The number of rotatable bonds is 7. The summed E-state index contributed by atoms with van der Waals surface area (Å²) in [6, 6.07) is 17.0. The molecule has 1 saturated heterocycles. The number of thioether (sulfide) groups is 1. The molecule has 12 heteroatoms. The number of benzene rings is 3. The van der Waals surface area contributed by atoms with E-state index >= 15 is 0 Å². The van der Waals surface area contributed by atoms with Gasteiger partial charge in [-0.1, -0.05) is 47.1 Å². The van der Waals surface area contributed by atoms with Gasteiger partial charge in [-0.25, -0.2) is 0 Å². The first kappa shape index (κ1) is 26.9. The standard InChI is InChI=1S/C25H17BrClN3O5S2/c1-14-2-6-17(7-3-14)36-21-9-4-15(10-20(21)30(34)35)11-22-24(32)29(25(33)37-22)13-23(31)28-16-5-8-18(26)19(27)12-16/h2-12H,13H2,1H3,(H,28,31)/b22-11-. The van der Waals surface area contributed by atoms with Crippen LogP contribution >= 0.6 is 51.1 Å². The summed E-state index contributed by atoms with van der Waals surface area (Å²) in [6.07, 6.45) is 1.41. The molecule has 8 nitrogen and oxygen atoms in total. The van der Waals surface area contributed by atoms with Crippen molar-refractivity contribution in [2.24, 2.45) is 0 Å². The lowest BCUT2D eigenvalue weighted by Gasteiger charge is -2.12. The van der Waals surface area contributed by atoms with Crippen molar-refractivity contribution < 1.29 is 19.3 Å². The summed E-state index contributed by atoms with van der Waals surface area (Å²) >= 11 is 11.2. The van der Waals surface area contributed by atoms with Crippen LogP contribution in [0, 0.1) is 17.0 Å². The number of nitro groups is 1. The lowest BCUT2D eigenvalue weighted by Crippen LogP contribution is -2.36. The van der Waals surface area contributed by atoms with Crippen LogP contribution in [-0.4, -0.2) is 33.4 Å². The number of carbonyl (C=O) groups is 3. The predicted octanol–water partition coefficient (Wildman–Crippen LogP) is 7.15. The van der Waals surface area contributed by atoms with Crippen molar-refractivity contribution in [2.45, 2.75) is 16.7 Å². The Morgan fingerprint density at radius 1 is 1.16 bits per heavy atom. The highest BCUT2D eigenvalue weighted by atomic mass is 79.9. The van der Waals surface area contributed by atoms with Gasteiger partial charge in [-0.3, -0.25) is 29.4 Å². The first-order chi connectivity index (χ1) is 17.6. The van der Waals surface area contributed by atoms with E-state index < -0.39 is 28.5 Å². The maximum Gasteiger partial charge on any atom is 0.294 e. The van der Waals surface area contributed by atoms with Crippen LogP contribution in [0.4, 0.5) is 16.2 Å².